The van der Waals surface area contributed by atoms with Crippen LogP contribution in [0.15, 0.2) is 0 Å². The molecule has 0 aromatic carbocycles. The Labute approximate surface area is 113 Å². The molecular weight excluding hydrogens is 226 g/mol. The Hall–Kier alpha value is -0.610. The van der Waals surface area contributed by atoms with Crippen molar-refractivity contribution < 1.29 is 4.79 Å². The highest BCUT2D eigenvalue weighted by Gasteiger charge is 2.03. The molecule has 18 heavy (non-hydrogen) atoms. The van der Waals surface area contributed by atoms with E-state index in [2.05, 4.69) is 50.3 Å². The molecular formula is C14H31N3O. The molecule has 0 aliphatic rings. The van der Waals surface area contributed by atoms with Gasteiger partial charge in [-0.05, 0) is 40.3 Å². The van der Waals surface area contributed by atoms with E-state index in [9.17, 15) is 4.79 Å². The molecule has 0 aromatic heterocycles. The Balaban J connectivity index is 3.35. The lowest BCUT2D eigenvalue weighted by Gasteiger charge is -2.20. The van der Waals surface area contributed by atoms with Crippen molar-refractivity contribution in [1.29, 1.82) is 0 Å². The Morgan fingerprint density at radius 1 is 1.11 bits per heavy atom. The first-order valence-corrected chi connectivity index (χ1v) is 7.13. The van der Waals surface area contributed by atoms with Crippen LogP contribution in [0.25, 0.3) is 0 Å². The van der Waals surface area contributed by atoms with E-state index in [1.165, 1.54) is 0 Å². The Morgan fingerprint density at radius 3 is 2.33 bits per heavy atom. The monoisotopic (exact) mass is 257 g/mol. The molecule has 0 aromatic rings. The molecule has 4 nitrogen and oxygen atoms in total. The van der Waals surface area contributed by atoms with E-state index >= 15 is 0 Å². The zero-order chi connectivity index (χ0) is 14.0. The van der Waals surface area contributed by atoms with Crippen molar-refractivity contribution in [2.45, 2.75) is 59.0 Å². The smallest absolute Gasteiger partial charge is 0.221 e. The molecule has 0 rings (SSSR count). The number of hydrogen-bond donors (Lipinski definition) is 2. The van der Waals surface area contributed by atoms with Gasteiger partial charge in [0.15, 0.2) is 0 Å². The summed E-state index contributed by atoms with van der Waals surface area (Å²) in [6.07, 6.45) is 2.77. The number of nitrogens with one attached hydrogen (secondary N) is 2. The molecule has 0 aliphatic carbocycles. The summed E-state index contributed by atoms with van der Waals surface area (Å²) < 4.78 is 0. The topological polar surface area (TPSA) is 44.4 Å². The maximum atomic E-state index is 11.5. The number of rotatable bonds is 10. The second-order valence-electron chi connectivity index (χ2n) is 5.49. The second kappa shape index (κ2) is 10.3. The number of amides is 1. The van der Waals surface area contributed by atoms with Crippen LogP contribution in [0.5, 0.6) is 0 Å². The molecule has 0 fully saturated rings. The van der Waals surface area contributed by atoms with E-state index in [-0.39, 0.29) is 5.91 Å². The minimum Gasteiger partial charge on any atom is -0.356 e. The van der Waals surface area contributed by atoms with Crippen molar-refractivity contribution >= 4 is 5.91 Å². The normalized spacial score (nSPS) is 11.6. The van der Waals surface area contributed by atoms with Gasteiger partial charge in [-0.25, -0.2) is 0 Å². The van der Waals surface area contributed by atoms with Crippen molar-refractivity contribution in [1.82, 2.24) is 15.5 Å². The van der Waals surface area contributed by atoms with Gasteiger partial charge in [0.25, 0.3) is 0 Å². The number of nitrogens with zero attached hydrogens (tertiary/aromatic N) is 1. The number of carbonyl (C=O) groups excluding carboxylic acids is 1. The van der Waals surface area contributed by atoms with Gasteiger partial charge in [-0.15, -0.1) is 0 Å². The van der Waals surface area contributed by atoms with Gasteiger partial charge in [0, 0.05) is 31.6 Å². The van der Waals surface area contributed by atoms with Gasteiger partial charge in [0.05, 0.1) is 0 Å². The molecule has 0 unspecified atom stereocenters. The summed E-state index contributed by atoms with van der Waals surface area (Å²) in [5, 5.41) is 6.20. The molecule has 2 N–H and O–H groups in total. The number of hydrogen-bond acceptors (Lipinski definition) is 3. The van der Waals surface area contributed by atoms with E-state index in [1.807, 2.05) is 0 Å². The van der Waals surface area contributed by atoms with Crippen LogP contribution in [0, 0.1) is 0 Å². The first kappa shape index (κ1) is 17.4. The third-order valence-electron chi connectivity index (χ3n) is 3.05. The average Bonchev–Trinajstić information content (AvgIpc) is 2.27. The van der Waals surface area contributed by atoms with Crippen LogP contribution in [0.2, 0.25) is 0 Å². The lowest BCUT2D eigenvalue weighted by Crippen LogP contribution is -2.31. The summed E-state index contributed by atoms with van der Waals surface area (Å²) in [6.45, 7) is 11.2. The fourth-order valence-electron chi connectivity index (χ4n) is 1.53. The molecule has 1 amide bonds. The maximum absolute atomic E-state index is 11.5. The van der Waals surface area contributed by atoms with E-state index < -0.39 is 0 Å². The number of unbranched alkanes of at least 4 members (excludes halogenated alkanes) is 1. The SMILES string of the molecule is CC(C)NCCC(=O)NCCCCN(C)C(C)C. The first-order valence-electron chi connectivity index (χ1n) is 7.13. The van der Waals surface area contributed by atoms with Gasteiger partial charge in [-0.1, -0.05) is 13.8 Å². The molecule has 0 atom stereocenters. The van der Waals surface area contributed by atoms with Crippen molar-refractivity contribution in [3.8, 4) is 0 Å². The van der Waals surface area contributed by atoms with Crippen LogP contribution in [0.4, 0.5) is 0 Å². The standard InChI is InChI=1S/C14H31N3O/c1-12(2)15-10-8-14(18)16-9-6-7-11-17(5)13(3)4/h12-13,15H,6-11H2,1-5H3,(H,16,18). The third kappa shape index (κ3) is 10.5. The van der Waals surface area contributed by atoms with E-state index in [4.69, 9.17) is 0 Å². The first-order chi connectivity index (χ1) is 8.43. The van der Waals surface area contributed by atoms with Crippen molar-refractivity contribution in [3.63, 3.8) is 0 Å². The summed E-state index contributed by atoms with van der Waals surface area (Å²) in [6, 6.07) is 1.05. The minimum absolute atomic E-state index is 0.153. The van der Waals surface area contributed by atoms with Gasteiger partial charge in [-0.2, -0.15) is 0 Å². The summed E-state index contributed by atoms with van der Waals surface area (Å²) in [5.41, 5.74) is 0. The summed E-state index contributed by atoms with van der Waals surface area (Å²) in [7, 11) is 2.14. The third-order valence-corrected chi connectivity index (χ3v) is 3.05. The summed E-state index contributed by atoms with van der Waals surface area (Å²) >= 11 is 0. The molecule has 108 valence electrons. The molecule has 0 spiro atoms. The Bertz CT molecular complexity index is 217. The largest absolute Gasteiger partial charge is 0.356 e. The molecule has 4 heteroatoms. The van der Waals surface area contributed by atoms with Gasteiger partial charge in [-0.3, -0.25) is 4.79 Å². The zero-order valence-corrected chi connectivity index (χ0v) is 12.8. The molecule has 0 radical (unpaired) electrons. The lowest BCUT2D eigenvalue weighted by molar-refractivity contribution is -0.121. The van der Waals surface area contributed by atoms with Gasteiger partial charge in [0.2, 0.25) is 5.91 Å². The predicted molar refractivity (Wildman–Crippen MR) is 77.8 cm³/mol. The number of carbonyl (C=O) groups is 1. The quantitative estimate of drug-likeness (QED) is 0.584. The van der Waals surface area contributed by atoms with Crippen LogP contribution >= 0.6 is 0 Å². The molecule has 0 heterocycles. The van der Waals surface area contributed by atoms with Crippen LogP contribution in [-0.4, -0.2) is 49.6 Å². The maximum Gasteiger partial charge on any atom is 0.221 e. The van der Waals surface area contributed by atoms with Crippen molar-refractivity contribution in [2.75, 3.05) is 26.7 Å². The molecule has 0 saturated carbocycles. The molecule has 0 aliphatic heterocycles. The molecule has 0 bridgehead atoms. The Morgan fingerprint density at radius 2 is 1.78 bits per heavy atom. The van der Waals surface area contributed by atoms with E-state index in [0.717, 1.165) is 32.5 Å². The fourth-order valence-corrected chi connectivity index (χ4v) is 1.53. The van der Waals surface area contributed by atoms with Gasteiger partial charge >= 0.3 is 0 Å². The average molecular weight is 257 g/mol. The second-order valence-corrected chi connectivity index (χ2v) is 5.49. The van der Waals surface area contributed by atoms with Crippen LogP contribution in [0.1, 0.15) is 47.0 Å². The van der Waals surface area contributed by atoms with E-state index in [0.29, 0.717) is 18.5 Å². The molecule has 0 saturated heterocycles. The Kier molecular flexibility index (Phi) is 9.98. The van der Waals surface area contributed by atoms with Crippen molar-refractivity contribution in [3.05, 3.63) is 0 Å². The predicted octanol–water partition coefficient (Wildman–Crippen LogP) is 1.61. The van der Waals surface area contributed by atoms with Crippen LogP contribution in [-0.2, 0) is 4.79 Å². The van der Waals surface area contributed by atoms with Crippen LogP contribution < -0.4 is 10.6 Å². The zero-order valence-electron chi connectivity index (χ0n) is 12.8. The highest BCUT2D eigenvalue weighted by Crippen LogP contribution is 1.97. The van der Waals surface area contributed by atoms with Gasteiger partial charge < -0.3 is 15.5 Å². The highest BCUT2D eigenvalue weighted by atomic mass is 16.1. The van der Waals surface area contributed by atoms with Gasteiger partial charge in [0.1, 0.15) is 0 Å². The van der Waals surface area contributed by atoms with Crippen molar-refractivity contribution in [2.24, 2.45) is 0 Å². The van der Waals surface area contributed by atoms with Crippen LogP contribution in [0.3, 0.4) is 0 Å². The lowest BCUT2D eigenvalue weighted by atomic mass is 10.2. The fraction of sp³-hybridized carbons (Fsp3) is 0.929. The van der Waals surface area contributed by atoms with E-state index in [1.54, 1.807) is 0 Å². The highest BCUT2D eigenvalue weighted by molar-refractivity contribution is 5.75. The summed E-state index contributed by atoms with van der Waals surface area (Å²) in [4.78, 5) is 13.8. The summed E-state index contributed by atoms with van der Waals surface area (Å²) in [5.74, 6) is 0.153. The minimum atomic E-state index is 0.153.